The number of allylic oxidation sites excluding steroid dienone is 3. The van der Waals surface area contributed by atoms with E-state index in [1.165, 1.54) is 0 Å². The first kappa shape index (κ1) is 17.3. The van der Waals surface area contributed by atoms with E-state index in [0.29, 0.717) is 22.8 Å². The second-order valence-corrected chi connectivity index (χ2v) is 7.69. The average Bonchev–Trinajstić information content (AvgIpc) is 3.07. The molecule has 1 aliphatic carbocycles. The molecule has 0 fully saturated rings. The van der Waals surface area contributed by atoms with Crippen LogP contribution in [0.4, 0.5) is 0 Å². The summed E-state index contributed by atoms with van der Waals surface area (Å²) < 4.78 is 10.6. The monoisotopic (exact) mass is 364 g/mol. The van der Waals surface area contributed by atoms with Crippen molar-refractivity contribution in [3.63, 3.8) is 0 Å². The van der Waals surface area contributed by atoms with E-state index in [-0.39, 0.29) is 29.9 Å². The molecule has 0 aromatic heterocycles. The van der Waals surface area contributed by atoms with E-state index in [0.717, 1.165) is 11.3 Å². The van der Waals surface area contributed by atoms with Crippen LogP contribution in [0.2, 0.25) is 0 Å². The minimum Gasteiger partial charge on any atom is -0.454 e. The van der Waals surface area contributed by atoms with Gasteiger partial charge in [0.05, 0.1) is 5.71 Å². The first-order valence-electron chi connectivity index (χ1n) is 8.77. The number of nitrogens with zero attached hydrogens (tertiary/aromatic N) is 1. The molecule has 138 valence electrons. The molecular formula is C21H20N2O4. The predicted molar refractivity (Wildman–Crippen MR) is 101 cm³/mol. The van der Waals surface area contributed by atoms with Gasteiger partial charge in [-0.05, 0) is 41.3 Å². The first-order valence-corrected chi connectivity index (χ1v) is 8.77. The standard InChI is InChI=1S/C21H20N2O4/c1-21(2,3)15-10-19(24)23-16-9-13(5-6-14(15)16)22-20(25)12-4-7-17-18(8-12)27-11-26-17/h4-10,14H,11H2,1-3H3,(H,23,24). The lowest BCUT2D eigenvalue weighted by Gasteiger charge is -2.34. The summed E-state index contributed by atoms with van der Waals surface area (Å²) in [5, 5.41) is 2.86. The number of carbonyl (C=O) groups is 2. The number of rotatable bonds is 1. The maximum atomic E-state index is 12.5. The third-order valence-electron chi connectivity index (χ3n) is 4.70. The third kappa shape index (κ3) is 3.30. The summed E-state index contributed by atoms with van der Waals surface area (Å²) in [6.07, 6.45) is 7.20. The van der Waals surface area contributed by atoms with Gasteiger partial charge >= 0.3 is 0 Å². The van der Waals surface area contributed by atoms with E-state index in [2.05, 4.69) is 31.1 Å². The molecule has 6 heteroatoms. The number of amides is 2. The normalized spacial score (nSPS) is 22.1. The molecule has 2 heterocycles. The van der Waals surface area contributed by atoms with Crippen LogP contribution >= 0.6 is 0 Å². The summed E-state index contributed by atoms with van der Waals surface area (Å²) in [5.74, 6) is 0.615. The lowest BCUT2D eigenvalue weighted by atomic mass is 9.74. The van der Waals surface area contributed by atoms with Crippen molar-refractivity contribution in [2.24, 2.45) is 16.3 Å². The van der Waals surface area contributed by atoms with E-state index in [1.54, 1.807) is 30.4 Å². The molecule has 1 aromatic carbocycles. The van der Waals surface area contributed by atoms with Gasteiger partial charge in [-0.15, -0.1) is 0 Å². The first-order chi connectivity index (χ1) is 12.8. The van der Waals surface area contributed by atoms with E-state index in [4.69, 9.17) is 9.47 Å². The summed E-state index contributed by atoms with van der Waals surface area (Å²) >= 11 is 0. The Morgan fingerprint density at radius 2 is 1.96 bits per heavy atom. The highest BCUT2D eigenvalue weighted by atomic mass is 16.7. The maximum absolute atomic E-state index is 12.5. The quantitative estimate of drug-likeness (QED) is 0.830. The fourth-order valence-electron chi connectivity index (χ4n) is 3.35. The van der Waals surface area contributed by atoms with Gasteiger partial charge in [-0.2, -0.15) is 0 Å². The fraction of sp³-hybridized carbons (Fsp3) is 0.286. The molecule has 0 bridgehead atoms. The van der Waals surface area contributed by atoms with E-state index in [1.807, 2.05) is 12.2 Å². The second kappa shape index (κ2) is 6.23. The highest BCUT2D eigenvalue weighted by Crippen LogP contribution is 2.38. The van der Waals surface area contributed by atoms with Crippen LogP contribution in [-0.4, -0.2) is 24.3 Å². The van der Waals surface area contributed by atoms with Crippen molar-refractivity contribution in [1.29, 1.82) is 0 Å². The van der Waals surface area contributed by atoms with Crippen molar-refractivity contribution in [3.05, 3.63) is 59.3 Å². The van der Waals surface area contributed by atoms with Crippen LogP contribution in [0.25, 0.3) is 0 Å². The van der Waals surface area contributed by atoms with Crippen molar-refractivity contribution in [1.82, 2.24) is 5.32 Å². The number of hydrogen-bond acceptors (Lipinski definition) is 4. The number of hydrogen-bond donors (Lipinski definition) is 1. The third-order valence-corrected chi connectivity index (χ3v) is 4.70. The topological polar surface area (TPSA) is 77.0 Å². The zero-order valence-electron chi connectivity index (χ0n) is 15.4. The molecular weight excluding hydrogens is 344 g/mol. The van der Waals surface area contributed by atoms with Gasteiger partial charge in [0.15, 0.2) is 11.5 Å². The molecule has 0 saturated heterocycles. The Balaban J connectivity index is 1.61. The van der Waals surface area contributed by atoms with Crippen molar-refractivity contribution in [3.8, 4) is 11.5 Å². The summed E-state index contributed by atoms with van der Waals surface area (Å²) in [5.41, 5.74) is 2.56. The molecule has 3 aliphatic rings. The number of aliphatic imine (C=N–C) groups is 1. The molecule has 0 spiro atoms. The molecule has 6 nitrogen and oxygen atoms in total. The van der Waals surface area contributed by atoms with Gasteiger partial charge in [-0.25, -0.2) is 4.99 Å². The highest BCUT2D eigenvalue weighted by Gasteiger charge is 2.32. The molecule has 1 N–H and O–H groups in total. The number of benzene rings is 1. The van der Waals surface area contributed by atoms with E-state index in [9.17, 15) is 9.59 Å². The molecule has 2 amide bonds. The Bertz CT molecular complexity index is 961. The lowest BCUT2D eigenvalue weighted by Crippen LogP contribution is -2.36. The zero-order valence-corrected chi connectivity index (χ0v) is 15.4. The van der Waals surface area contributed by atoms with Crippen LogP contribution in [0.3, 0.4) is 0 Å². The van der Waals surface area contributed by atoms with Crippen LogP contribution < -0.4 is 14.8 Å². The minimum absolute atomic E-state index is 0.0118. The number of ether oxygens (including phenoxy) is 2. The molecule has 2 aliphatic heterocycles. The van der Waals surface area contributed by atoms with Crippen LogP contribution in [0.15, 0.2) is 58.8 Å². The van der Waals surface area contributed by atoms with Crippen molar-refractivity contribution in [2.75, 3.05) is 6.79 Å². The van der Waals surface area contributed by atoms with Gasteiger partial charge in [0.1, 0.15) is 0 Å². The Hall–Kier alpha value is -3.15. The molecule has 4 rings (SSSR count). The van der Waals surface area contributed by atoms with Gasteiger partial charge in [0.2, 0.25) is 12.7 Å². The fourth-order valence-corrected chi connectivity index (χ4v) is 3.35. The van der Waals surface area contributed by atoms with Gasteiger partial charge in [0, 0.05) is 23.3 Å². The van der Waals surface area contributed by atoms with Crippen LogP contribution in [0, 0.1) is 11.3 Å². The Morgan fingerprint density at radius 3 is 2.74 bits per heavy atom. The lowest BCUT2D eigenvalue weighted by molar-refractivity contribution is -0.116. The Labute approximate surface area is 157 Å². The number of carbonyl (C=O) groups excluding carboxylic acids is 2. The van der Waals surface area contributed by atoms with Crippen molar-refractivity contribution < 1.29 is 19.1 Å². The smallest absolute Gasteiger partial charge is 0.277 e. The molecule has 1 aromatic rings. The van der Waals surface area contributed by atoms with Gasteiger partial charge in [-0.1, -0.05) is 26.8 Å². The largest absolute Gasteiger partial charge is 0.454 e. The summed E-state index contributed by atoms with van der Waals surface area (Å²) in [7, 11) is 0. The molecule has 1 unspecified atom stereocenters. The highest BCUT2D eigenvalue weighted by molar-refractivity contribution is 6.14. The maximum Gasteiger partial charge on any atom is 0.277 e. The summed E-state index contributed by atoms with van der Waals surface area (Å²) in [6, 6.07) is 4.98. The predicted octanol–water partition coefficient (Wildman–Crippen LogP) is 3.17. The van der Waals surface area contributed by atoms with Gasteiger partial charge in [-0.3, -0.25) is 9.59 Å². The molecule has 1 atom stereocenters. The number of nitrogens with one attached hydrogen (secondary N) is 1. The van der Waals surface area contributed by atoms with Gasteiger partial charge < -0.3 is 14.8 Å². The molecule has 0 saturated carbocycles. The minimum atomic E-state index is -0.378. The van der Waals surface area contributed by atoms with Crippen LogP contribution in [0.1, 0.15) is 31.1 Å². The van der Waals surface area contributed by atoms with Gasteiger partial charge in [0.25, 0.3) is 5.91 Å². The Morgan fingerprint density at radius 1 is 1.19 bits per heavy atom. The van der Waals surface area contributed by atoms with E-state index < -0.39 is 0 Å². The van der Waals surface area contributed by atoms with Crippen molar-refractivity contribution in [2.45, 2.75) is 20.8 Å². The van der Waals surface area contributed by atoms with Crippen molar-refractivity contribution >= 4 is 17.5 Å². The summed E-state index contributed by atoms with van der Waals surface area (Å²) in [4.78, 5) is 28.7. The number of fused-ring (bicyclic) bond motifs is 2. The average molecular weight is 364 g/mol. The molecule has 27 heavy (non-hydrogen) atoms. The summed E-state index contributed by atoms with van der Waals surface area (Å²) in [6.45, 7) is 6.39. The Kier molecular flexibility index (Phi) is 3.98. The SMILES string of the molecule is CC(C)(C)C1=CC(=O)NC2=CC(=NC(=O)c3ccc4c(c3)OCO4)C=CC21. The van der Waals surface area contributed by atoms with Crippen LogP contribution in [-0.2, 0) is 4.79 Å². The van der Waals surface area contributed by atoms with Crippen LogP contribution in [0.5, 0.6) is 11.5 Å². The van der Waals surface area contributed by atoms with E-state index >= 15 is 0 Å². The zero-order chi connectivity index (χ0) is 19.2. The second-order valence-electron chi connectivity index (χ2n) is 7.69. The molecule has 0 radical (unpaired) electrons.